The molecule has 0 spiro atoms. The predicted octanol–water partition coefficient (Wildman–Crippen LogP) is 3.45. The Balaban J connectivity index is 2.84. The van der Waals surface area contributed by atoms with Crippen LogP contribution in [0, 0.1) is 5.92 Å². The Hall–Kier alpha value is -0.0600. The summed E-state index contributed by atoms with van der Waals surface area (Å²) in [6.45, 7) is 4.29. The smallest absolute Gasteiger partial charge is 0.0636 e. The first-order valence-corrected chi connectivity index (χ1v) is 5.20. The van der Waals surface area contributed by atoms with E-state index in [2.05, 4.69) is 26.0 Å². The van der Waals surface area contributed by atoms with Gasteiger partial charge in [0.2, 0.25) is 0 Å². The van der Waals surface area contributed by atoms with Gasteiger partial charge in [0.05, 0.1) is 4.75 Å². The average Bonchev–Trinajstić information content (AvgIpc) is 1.95. The van der Waals surface area contributed by atoms with Crippen LogP contribution in [-0.4, -0.2) is 10.9 Å². The van der Waals surface area contributed by atoms with Crippen molar-refractivity contribution < 1.29 is 0 Å². The summed E-state index contributed by atoms with van der Waals surface area (Å²) in [4.78, 5) is 0. The second kappa shape index (κ2) is 4.09. The van der Waals surface area contributed by atoms with E-state index in [0.717, 1.165) is 10.9 Å². The lowest BCUT2D eigenvalue weighted by Gasteiger charge is -2.04. The van der Waals surface area contributed by atoms with E-state index in [9.17, 15) is 0 Å². The summed E-state index contributed by atoms with van der Waals surface area (Å²) in [5.74, 6) is 0.647. The van der Waals surface area contributed by atoms with Crippen molar-refractivity contribution in [3.8, 4) is 0 Å². The van der Waals surface area contributed by atoms with Crippen molar-refractivity contribution in [1.29, 1.82) is 0 Å². The highest BCUT2D eigenvalue weighted by Crippen LogP contribution is 2.16. The van der Waals surface area contributed by atoms with E-state index in [-0.39, 0.29) is 0 Å². The summed E-state index contributed by atoms with van der Waals surface area (Å²) >= 11 is 5.95. The molecule has 0 bridgehead atoms. The van der Waals surface area contributed by atoms with Crippen molar-refractivity contribution in [2.75, 3.05) is 6.16 Å². The van der Waals surface area contributed by atoms with Crippen LogP contribution in [0.25, 0.3) is 0 Å². The summed E-state index contributed by atoms with van der Waals surface area (Å²) in [6.07, 6.45) is 7.55. The third-order valence-corrected chi connectivity index (χ3v) is 3.22. The highest BCUT2D eigenvalue weighted by Gasteiger charge is 1.98. The number of halogens is 1. The van der Waals surface area contributed by atoms with E-state index in [0.29, 0.717) is 5.92 Å². The number of allylic oxidation sites excluding steroid dienone is 4. The first-order valence-electron chi connectivity index (χ1n) is 3.75. The molecule has 0 aromatic heterocycles. The summed E-state index contributed by atoms with van der Waals surface area (Å²) in [6, 6.07) is 0. The summed E-state index contributed by atoms with van der Waals surface area (Å²) in [5.41, 5.74) is 1.24. The molecular weight excluding hydrogens is 175 g/mol. The molecule has 60 valence electrons. The van der Waals surface area contributed by atoms with Gasteiger partial charge in [-0.25, -0.2) is 0 Å². The molecule has 1 atom stereocenters. The van der Waals surface area contributed by atoms with E-state index in [1.807, 2.05) is 6.08 Å². The normalized spacial score (nSPS) is 34.6. The minimum Gasteiger partial charge on any atom is -0.0831 e. The van der Waals surface area contributed by atoms with E-state index in [1.165, 1.54) is 13.8 Å². The van der Waals surface area contributed by atoms with Crippen LogP contribution in [0.1, 0.15) is 13.8 Å². The molecule has 0 aliphatic carbocycles. The Morgan fingerprint density at radius 1 is 1.64 bits per heavy atom. The van der Waals surface area contributed by atoms with E-state index >= 15 is 0 Å². The van der Waals surface area contributed by atoms with Gasteiger partial charge < -0.3 is 0 Å². The monoisotopic (exact) mass is 186 g/mol. The van der Waals surface area contributed by atoms with Gasteiger partial charge in [0.1, 0.15) is 0 Å². The second-order valence-corrected chi connectivity index (χ2v) is 4.72. The van der Waals surface area contributed by atoms with Gasteiger partial charge in [0, 0.05) is 0 Å². The van der Waals surface area contributed by atoms with E-state index < -0.39 is 0 Å². The van der Waals surface area contributed by atoms with Gasteiger partial charge in [-0.2, -0.15) is 0 Å². The summed E-state index contributed by atoms with van der Waals surface area (Å²) in [7, 11) is 1.25. The molecule has 1 aliphatic heterocycles. The van der Waals surface area contributed by atoms with E-state index in [4.69, 9.17) is 11.6 Å². The Labute approximate surface area is 74.7 Å². The van der Waals surface area contributed by atoms with Crippen LogP contribution in [0.4, 0.5) is 0 Å². The standard InChI is InChI=1S/C9H12ClP/c1-7-3-4-8(2)6-11-9(10)5-7/h3-5,8H,6H2,1-2H3/b4-3?,7-5-. The zero-order valence-corrected chi connectivity index (χ0v) is 8.49. The molecule has 0 nitrogen and oxygen atoms in total. The third kappa shape index (κ3) is 3.22. The molecule has 0 saturated heterocycles. The van der Waals surface area contributed by atoms with Gasteiger partial charge in [0.25, 0.3) is 0 Å². The van der Waals surface area contributed by atoms with Gasteiger partial charge in [-0.05, 0) is 30.7 Å². The van der Waals surface area contributed by atoms with Crippen molar-refractivity contribution in [2.45, 2.75) is 13.8 Å². The van der Waals surface area contributed by atoms with Crippen LogP contribution in [-0.2, 0) is 0 Å². The molecule has 0 saturated carbocycles. The first kappa shape index (κ1) is 9.03. The molecule has 1 heterocycles. The average molecular weight is 187 g/mol. The number of hydrogen-bond donors (Lipinski definition) is 0. The van der Waals surface area contributed by atoms with Crippen LogP contribution in [0.5, 0.6) is 0 Å². The molecule has 0 N–H and O–H groups in total. The second-order valence-electron chi connectivity index (χ2n) is 2.89. The Kier molecular flexibility index (Phi) is 3.36. The van der Waals surface area contributed by atoms with Crippen molar-refractivity contribution in [3.05, 3.63) is 23.8 Å². The number of hydrogen-bond acceptors (Lipinski definition) is 0. The summed E-state index contributed by atoms with van der Waals surface area (Å²) in [5, 5.41) is 0. The van der Waals surface area contributed by atoms with Crippen LogP contribution in [0.15, 0.2) is 23.8 Å². The molecule has 2 heteroatoms. The maximum Gasteiger partial charge on any atom is 0.0636 e. The molecule has 11 heavy (non-hydrogen) atoms. The Morgan fingerprint density at radius 3 is 3.09 bits per heavy atom. The van der Waals surface area contributed by atoms with Crippen LogP contribution >= 0.6 is 19.8 Å². The molecule has 1 aliphatic rings. The molecular formula is C9H12ClP. The Morgan fingerprint density at radius 2 is 2.36 bits per heavy atom. The van der Waals surface area contributed by atoms with Crippen molar-refractivity contribution in [3.63, 3.8) is 0 Å². The lowest BCUT2D eigenvalue weighted by Crippen LogP contribution is -1.94. The van der Waals surface area contributed by atoms with Crippen molar-refractivity contribution in [2.24, 2.45) is 5.92 Å². The van der Waals surface area contributed by atoms with E-state index in [1.54, 1.807) is 0 Å². The zero-order chi connectivity index (χ0) is 8.27. The predicted molar refractivity (Wildman–Crippen MR) is 54.7 cm³/mol. The van der Waals surface area contributed by atoms with Crippen LogP contribution in [0.2, 0.25) is 0 Å². The lowest BCUT2D eigenvalue weighted by molar-refractivity contribution is 0.845. The molecule has 0 amide bonds. The van der Waals surface area contributed by atoms with Gasteiger partial charge in [-0.15, -0.1) is 0 Å². The molecule has 1 rings (SSSR count). The van der Waals surface area contributed by atoms with Crippen molar-refractivity contribution in [1.82, 2.24) is 0 Å². The SMILES string of the molecule is C/C1=C/C(Cl)=P\CC(C)C=C1. The third-order valence-electron chi connectivity index (χ3n) is 1.56. The molecule has 0 fully saturated rings. The van der Waals surface area contributed by atoms with Crippen LogP contribution in [0.3, 0.4) is 0 Å². The Bertz CT molecular complexity index is 226. The van der Waals surface area contributed by atoms with Gasteiger partial charge in [0.15, 0.2) is 0 Å². The van der Waals surface area contributed by atoms with Gasteiger partial charge in [-0.3, -0.25) is 0 Å². The molecule has 1 unspecified atom stereocenters. The summed E-state index contributed by atoms with van der Waals surface area (Å²) < 4.78 is 0.957. The maximum atomic E-state index is 5.95. The minimum atomic E-state index is 0.647. The first-order chi connectivity index (χ1) is 5.18. The van der Waals surface area contributed by atoms with Crippen LogP contribution < -0.4 is 0 Å². The zero-order valence-electron chi connectivity index (χ0n) is 6.84. The fourth-order valence-corrected chi connectivity index (χ4v) is 2.15. The van der Waals surface area contributed by atoms with Gasteiger partial charge in [-0.1, -0.05) is 38.9 Å². The highest BCUT2D eigenvalue weighted by atomic mass is 35.5. The largest absolute Gasteiger partial charge is 0.0831 e. The highest BCUT2D eigenvalue weighted by molar-refractivity contribution is 7.46. The van der Waals surface area contributed by atoms with Gasteiger partial charge >= 0.3 is 0 Å². The minimum absolute atomic E-state index is 0.647. The molecule has 0 radical (unpaired) electrons. The number of rotatable bonds is 0. The molecule has 0 aromatic carbocycles. The lowest BCUT2D eigenvalue weighted by atomic mass is 10.1. The fraction of sp³-hybridized carbons (Fsp3) is 0.444. The maximum absolute atomic E-state index is 5.95. The fourth-order valence-electron chi connectivity index (χ4n) is 0.890. The molecule has 0 aromatic rings. The topological polar surface area (TPSA) is 0 Å². The quantitative estimate of drug-likeness (QED) is 0.509. The van der Waals surface area contributed by atoms with Crippen molar-refractivity contribution >= 4 is 24.6 Å².